The first-order valence-corrected chi connectivity index (χ1v) is 6.76. The summed E-state index contributed by atoms with van der Waals surface area (Å²) >= 11 is 0. The highest BCUT2D eigenvalue weighted by Gasteiger charge is 2.48. The van der Waals surface area contributed by atoms with Crippen molar-refractivity contribution in [2.45, 2.75) is 32.2 Å². The molecule has 0 spiro atoms. The number of carboxylic acid groups (broad SMARTS) is 1. The van der Waals surface area contributed by atoms with Crippen molar-refractivity contribution in [3.05, 3.63) is 29.8 Å². The Kier molecular flexibility index (Phi) is 3.97. The lowest BCUT2D eigenvalue weighted by atomic mass is 9.96. The quantitative estimate of drug-likeness (QED) is 0.725. The maximum Gasteiger partial charge on any atom is 0.329 e. The van der Waals surface area contributed by atoms with Gasteiger partial charge in [-0.1, -0.05) is 12.1 Å². The zero-order chi connectivity index (χ0) is 15.6. The molecule has 2 amide bonds. The summed E-state index contributed by atoms with van der Waals surface area (Å²) in [6, 6.07) is 5.91. The zero-order valence-corrected chi connectivity index (χ0v) is 12.0. The molecular weight excluding hydrogens is 272 g/mol. The van der Waals surface area contributed by atoms with Gasteiger partial charge < -0.3 is 15.7 Å². The van der Waals surface area contributed by atoms with Crippen LogP contribution in [0, 0.1) is 5.92 Å². The summed E-state index contributed by atoms with van der Waals surface area (Å²) in [5.41, 5.74) is -0.331. The van der Waals surface area contributed by atoms with E-state index < -0.39 is 17.5 Å². The van der Waals surface area contributed by atoms with Gasteiger partial charge >= 0.3 is 12.0 Å². The number of Topliss-reactive ketones (excluding diaryl/α,β-unsaturated/α-hetero) is 1. The van der Waals surface area contributed by atoms with E-state index in [4.69, 9.17) is 0 Å². The summed E-state index contributed by atoms with van der Waals surface area (Å²) in [7, 11) is 0. The fraction of sp³-hybridized carbons (Fsp3) is 0.400. The number of urea groups is 1. The number of nitrogens with one attached hydrogen (secondary N) is 2. The fourth-order valence-corrected chi connectivity index (χ4v) is 2.20. The van der Waals surface area contributed by atoms with Gasteiger partial charge in [0.2, 0.25) is 0 Å². The van der Waals surface area contributed by atoms with Crippen LogP contribution in [0.15, 0.2) is 24.3 Å². The van der Waals surface area contributed by atoms with Crippen molar-refractivity contribution in [1.82, 2.24) is 5.32 Å². The molecule has 0 aliphatic heterocycles. The molecular formula is C15H18N2O4. The smallest absolute Gasteiger partial charge is 0.329 e. The van der Waals surface area contributed by atoms with E-state index in [1.54, 1.807) is 24.3 Å². The summed E-state index contributed by atoms with van der Waals surface area (Å²) in [6.07, 6.45) is 1.59. The standard InChI is InChI=1S/C15H18N2O4/c1-9(18)10-4-3-5-12(8-10)16-14(21)17-15(2,13(19)20)11-6-7-11/h3-5,8,11H,6-7H2,1-2H3,(H,19,20)(H2,16,17,21). The van der Waals surface area contributed by atoms with Crippen molar-refractivity contribution >= 4 is 23.5 Å². The van der Waals surface area contributed by atoms with Gasteiger partial charge in [-0.3, -0.25) is 4.79 Å². The Hall–Kier alpha value is -2.37. The van der Waals surface area contributed by atoms with E-state index >= 15 is 0 Å². The third kappa shape index (κ3) is 3.39. The highest BCUT2D eigenvalue weighted by molar-refractivity contribution is 5.97. The number of benzene rings is 1. The average molecular weight is 290 g/mol. The molecule has 1 aromatic carbocycles. The molecule has 6 nitrogen and oxygen atoms in total. The van der Waals surface area contributed by atoms with Crippen molar-refractivity contribution in [2.24, 2.45) is 5.92 Å². The van der Waals surface area contributed by atoms with E-state index in [2.05, 4.69) is 10.6 Å². The zero-order valence-electron chi connectivity index (χ0n) is 12.0. The lowest BCUT2D eigenvalue weighted by molar-refractivity contribution is -0.144. The average Bonchev–Trinajstić information content (AvgIpc) is 3.22. The number of rotatable bonds is 5. The minimum atomic E-state index is -1.26. The predicted octanol–water partition coefficient (Wildman–Crippen LogP) is 2.26. The van der Waals surface area contributed by atoms with Gasteiger partial charge in [0.1, 0.15) is 5.54 Å². The van der Waals surface area contributed by atoms with Crippen molar-refractivity contribution in [3.8, 4) is 0 Å². The molecule has 1 saturated carbocycles. The van der Waals surface area contributed by atoms with Crippen LogP contribution in [-0.4, -0.2) is 28.4 Å². The van der Waals surface area contributed by atoms with Crippen molar-refractivity contribution < 1.29 is 19.5 Å². The molecule has 0 heterocycles. The van der Waals surface area contributed by atoms with E-state index in [1.807, 2.05) is 0 Å². The van der Waals surface area contributed by atoms with Gasteiger partial charge in [0, 0.05) is 11.3 Å². The van der Waals surface area contributed by atoms with Crippen LogP contribution in [0.2, 0.25) is 0 Å². The molecule has 3 N–H and O–H groups in total. The summed E-state index contributed by atoms with van der Waals surface area (Å²) < 4.78 is 0. The minimum Gasteiger partial charge on any atom is -0.480 e. The fourth-order valence-electron chi connectivity index (χ4n) is 2.20. The molecule has 1 fully saturated rings. The monoisotopic (exact) mass is 290 g/mol. The molecule has 0 bridgehead atoms. The maximum atomic E-state index is 12.0. The van der Waals surface area contributed by atoms with Gasteiger partial charge in [-0.25, -0.2) is 9.59 Å². The Morgan fingerprint density at radius 1 is 1.29 bits per heavy atom. The SMILES string of the molecule is CC(=O)c1cccc(NC(=O)NC(C)(C(=O)O)C2CC2)c1. The van der Waals surface area contributed by atoms with E-state index in [0.29, 0.717) is 11.3 Å². The highest BCUT2D eigenvalue weighted by atomic mass is 16.4. The second kappa shape index (κ2) is 5.55. The lowest BCUT2D eigenvalue weighted by Gasteiger charge is -2.26. The minimum absolute atomic E-state index is 0.0377. The number of carbonyl (C=O) groups excluding carboxylic acids is 2. The molecule has 1 aromatic rings. The third-order valence-corrected chi connectivity index (χ3v) is 3.74. The first-order chi connectivity index (χ1) is 9.83. The van der Waals surface area contributed by atoms with Gasteiger partial charge in [-0.15, -0.1) is 0 Å². The Morgan fingerprint density at radius 2 is 1.95 bits per heavy atom. The summed E-state index contributed by atoms with van der Waals surface area (Å²) in [5, 5.41) is 14.4. The van der Waals surface area contributed by atoms with E-state index in [9.17, 15) is 19.5 Å². The van der Waals surface area contributed by atoms with Crippen LogP contribution in [0.25, 0.3) is 0 Å². The largest absolute Gasteiger partial charge is 0.480 e. The summed E-state index contributed by atoms with van der Waals surface area (Å²) in [6.45, 7) is 2.95. The van der Waals surface area contributed by atoms with E-state index in [1.165, 1.54) is 13.8 Å². The first kappa shape index (κ1) is 15.0. The summed E-state index contributed by atoms with van der Waals surface area (Å²) in [4.78, 5) is 34.6. The number of hydrogen-bond acceptors (Lipinski definition) is 3. The van der Waals surface area contributed by atoms with Crippen LogP contribution in [-0.2, 0) is 4.79 Å². The molecule has 6 heteroatoms. The molecule has 21 heavy (non-hydrogen) atoms. The molecule has 112 valence electrons. The van der Waals surface area contributed by atoms with E-state index in [0.717, 1.165) is 12.8 Å². The molecule has 1 atom stereocenters. The molecule has 0 radical (unpaired) electrons. The molecule has 1 aliphatic carbocycles. The van der Waals surface area contributed by atoms with Crippen LogP contribution < -0.4 is 10.6 Å². The van der Waals surface area contributed by atoms with Gasteiger partial charge in [0.05, 0.1) is 0 Å². The number of amides is 2. The van der Waals surface area contributed by atoms with Gasteiger partial charge in [-0.05, 0) is 44.7 Å². The van der Waals surface area contributed by atoms with Crippen LogP contribution in [0.1, 0.15) is 37.0 Å². The lowest BCUT2D eigenvalue weighted by Crippen LogP contribution is -2.55. The topological polar surface area (TPSA) is 95.5 Å². The number of aliphatic carboxylic acids is 1. The van der Waals surface area contributed by atoms with Crippen molar-refractivity contribution in [2.75, 3.05) is 5.32 Å². The van der Waals surface area contributed by atoms with Crippen LogP contribution >= 0.6 is 0 Å². The Bertz CT molecular complexity index is 595. The normalized spacial score (nSPS) is 16.7. The number of anilines is 1. The number of carbonyl (C=O) groups is 3. The van der Waals surface area contributed by atoms with Crippen molar-refractivity contribution in [1.29, 1.82) is 0 Å². The summed E-state index contributed by atoms with van der Waals surface area (Å²) in [5.74, 6) is -1.19. The first-order valence-electron chi connectivity index (χ1n) is 6.76. The van der Waals surface area contributed by atoms with E-state index in [-0.39, 0.29) is 11.7 Å². The Balaban J connectivity index is 2.06. The predicted molar refractivity (Wildman–Crippen MR) is 77.4 cm³/mol. The molecule has 2 rings (SSSR count). The molecule has 1 unspecified atom stereocenters. The second-order valence-electron chi connectivity index (χ2n) is 5.50. The van der Waals surface area contributed by atoms with Crippen LogP contribution in [0.4, 0.5) is 10.5 Å². The third-order valence-electron chi connectivity index (χ3n) is 3.74. The Morgan fingerprint density at radius 3 is 2.48 bits per heavy atom. The maximum absolute atomic E-state index is 12.0. The Labute approximate surface area is 122 Å². The van der Waals surface area contributed by atoms with Gasteiger partial charge in [0.15, 0.2) is 5.78 Å². The number of carboxylic acids is 1. The van der Waals surface area contributed by atoms with Gasteiger partial charge in [-0.2, -0.15) is 0 Å². The molecule has 0 aromatic heterocycles. The van der Waals surface area contributed by atoms with Gasteiger partial charge in [0.25, 0.3) is 0 Å². The highest BCUT2D eigenvalue weighted by Crippen LogP contribution is 2.39. The number of hydrogen-bond donors (Lipinski definition) is 3. The van der Waals surface area contributed by atoms with Crippen LogP contribution in [0.5, 0.6) is 0 Å². The molecule has 0 saturated heterocycles. The second-order valence-corrected chi connectivity index (χ2v) is 5.50. The number of ketones is 1. The van der Waals surface area contributed by atoms with Crippen molar-refractivity contribution in [3.63, 3.8) is 0 Å². The molecule has 1 aliphatic rings. The van der Waals surface area contributed by atoms with Crippen LogP contribution in [0.3, 0.4) is 0 Å².